The first-order valence-corrected chi connectivity index (χ1v) is 12.2. The van der Waals surface area contributed by atoms with Gasteiger partial charge in [0.25, 0.3) is 0 Å². The van der Waals surface area contributed by atoms with Crippen LogP contribution in [0.2, 0.25) is 0 Å². The normalized spacial score (nSPS) is 14.8. The highest BCUT2D eigenvalue weighted by molar-refractivity contribution is 7.99. The molecule has 0 spiro atoms. The van der Waals surface area contributed by atoms with E-state index >= 15 is 0 Å². The molecule has 0 radical (unpaired) electrons. The molecule has 1 fully saturated rings. The molecule has 186 valence electrons. The first-order chi connectivity index (χ1) is 16.7. The summed E-state index contributed by atoms with van der Waals surface area (Å²) in [5.74, 6) is -0.507. The number of aryl methyl sites for hydroxylation is 1. The Labute approximate surface area is 205 Å². The van der Waals surface area contributed by atoms with E-state index < -0.39 is 17.6 Å². The first kappa shape index (κ1) is 25.0. The van der Waals surface area contributed by atoms with Crippen molar-refractivity contribution < 1.29 is 18.0 Å². The van der Waals surface area contributed by atoms with Crippen LogP contribution in [-0.4, -0.2) is 69.5 Å². The zero-order valence-electron chi connectivity index (χ0n) is 19.4. The van der Waals surface area contributed by atoms with E-state index in [2.05, 4.69) is 32.7 Å². The monoisotopic (exact) mass is 505 g/mol. The lowest BCUT2D eigenvalue weighted by molar-refractivity contribution is -0.137. The van der Waals surface area contributed by atoms with Gasteiger partial charge in [-0.1, -0.05) is 36.4 Å². The quantitative estimate of drug-likeness (QED) is 0.489. The summed E-state index contributed by atoms with van der Waals surface area (Å²) in [6, 6.07) is 11.1. The predicted octanol–water partition coefficient (Wildman–Crippen LogP) is 3.86. The number of likely N-dealkylation sites (N-methyl/N-ethyl adjacent to an activating group) is 1. The van der Waals surface area contributed by atoms with Crippen molar-refractivity contribution in [1.29, 1.82) is 0 Å². The molecule has 2 aromatic carbocycles. The molecule has 12 heteroatoms. The number of nitrogens with zero attached hydrogens (tertiary/aromatic N) is 6. The van der Waals surface area contributed by atoms with E-state index in [0.717, 1.165) is 54.8 Å². The fraction of sp³-hybridized carbons (Fsp3) is 0.391. The Bertz CT molecular complexity index is 1160. The Hall–Kier alpha value is -3.12. The standard InChI is InChI=1S/C23H26F3N7OS/c1-3-31-10-12-32(13-11-31)20-9-6-17(23(24,25)26)14-19(20)27-21(34)15-35-22-28-29-30-33(22)18-7-4-16(2)5-8-18/h4-9,14H,3,10-13,15H2,1-2H3,(H,27,34). The van der Waals surface area contributed by atoms with Gasteiger partial charge in [0.05, 0.1) is 28.4 Å². The van der Waals surface area contributed by atoms with Gasteiger partial charge in [-0.3, -0.25) is 4.79 Å². The minimum absolute atomic E-state index is 0.0640. The van der Waals surface area contributed by atoms with Crippen molar-refractivity contribution in [3.8, 4) is 5.69 Å². The van der Waals surface area contributed by atoms with E-state index in [1.807, 2.05) is 36.1 Å². The van der Waals surface area contributed by atoms with Gasteiger partial charge in [-0.15, -0.1) is 5.10 Å². The maximum Gasteiger partial charge on any atom is 0.416 e. The fourth-order valence-corrected chi connectivity index (χ4v) is 4.52. The van der Waals surface area contributed by atoms with Crippen molar-refractivity contribution in [2.75, 3.05) is 48.7 Å². The molecule has 3 aromatic rings. The average Bonchev–Trinajstić information content (AvgIpc) is 3.31. The fourth-order valence-electron chi connectivity index (χ4n) is 3.83. The molecule has 1 saturated heterocycles. The Morgan fingerprint density at radius 3 is 2.46 bits per heavy atom. The Balaban J connectivity index is 1.48. The second-order valence-electron chi connectivity index (χ2n) is 8.20. The molecule has 0 bridgehead atoms. The van der Waals surface area contributed by atoms with Crippen LogP contribution in [0, 0.1) is 6.92 Å². The van der Waals surface area contributed by atoms with Crippen LogP contribution in [0.5, 0.6) is 0 Å². The summed E-state index contributed by atoms with van der Waals surface area (Å²) < 4.78 is 41.7. The minimum Gasteiger partial charge on any atom is -0.367 e. The molecule has 35 heavy (non-hydrogen) atoms. The van der Waals surface area contributed by atoms with Crippen LogP contribution in [0.15, 0.2) is 47.6 Å². The van der Waals surface area contributed by atoms with Crippen LogP contribution >= 0.6 is 11.8 Å². The molecular formula is C23H26F3N7OS. The van der Waals surface area contributed by atoms with Crippen molar-refractivity contribution in [2.45, 2.75) is 25.2 Å². The highest BCUT2D eigenvalue weighted by Crippen LogP contribution is 2.36. The third-order valence-electron chi connectivity index (χ3n) is 5.81. The lowest BCUT2D eigenvalue weighted by Crippen LogP contribution is -2.46. The third-order valence-corrected chi connectivity index (χ3v) is 6.73. The molecule has 8 nitrogen and oxygen atoms in total. The molecule has 0 aliphatic carbocycles. The zero-order chi connectivity index (χ0) is 25.0. The number of piperazine rings is 1. The van der Waals surface area contributed by atoms with Gasteiger partial charge in [-0.25, -0.2) is 0 Å². The summed E-state index contributed by atoms with van der Waals surface area (Å²) >= 11 is 1.11. The van der Waals surface area contributed by atoms with Crippen molar-refractivity contribution in [1.82, 2.24) is 25.1 Å². The number of amides is 1. The van der Waals surface area contributed by atoms with E-state index in [9.17, 15) is 18.0 Å². The van der Waals surface area contributed by atoms with Crippen molar-refractivity contribution in [3.05, 3.63) is 53.6 Å². The number of alkyl halides is 3. The number of hydrogen-bond acceptors (Lipinski definition) is 7. The molecule has 2 heterocycles. The van der Waals surface area contributed by atoms with Crippen LogP contribution in [0.4, 0.5) is 24.5 Å². The van der Waals surface area contributed by atoms with E-state index in [1.165, 1.54) is 10.7 Å². The van der Waals surface area contributed by atoms with Crippen LogP contribution in [0.25, 0.3) is 5.69 Å². The van der Waals surface area contributed by atoms with Crippen molar-refractivity contribution in [2.24, 2.45) is 0 Å². The number of carbonyl (C=O) groups excluding carboxylic acids is 1. The summed E-state index contributed by atoms with van der Waals surface area (Å²) in [7, 11) is 0. The first-order valence-electron chi connectivity index (χ1n) is 11.2. The van der Waals surface area contributed by atoms with E-state index in [1.54, 1.807) is 0 Å². The summed E-state index contributed by atoms with van der Waals surface area (Å²) in [5, 5.41) is 14.7. The van der Waals surface area contributed by atoms with Gasteiger partial charge in [0.1, 0.15) is 0 Å². The largest absolute Gasteiger partial charge is 0.416 e. The average molecular weight is 506 g/mol. The van der Waals surface area contributed by atoms with E-state index in [4.69, 9.17) is 0 Å². The summed E-state index contributed by atoms with van der Waals surface area (Å²) in [6.07, 6.45) is -4.51. The van der Waals surface area contributed by atoms with Gasteiger partial charge in [0.2, 0.25) is 11.1 Å². The molecule has 1 aliphatic rings. The van der Waals surface area contributed by atoms with Crippen molar-refractivity contribution in [3.63, 3.8) is 0 Å². The smallest absolute Gasteiger partial charge is 0.367 e. The number of carbonyl (C=O) groups is 1. The maximum absolute atomic E-state index is 13.4. The number of benzene rings is 2. The third kappa shape index (κ3) is 6.12. The van der Waals surface area contributed by atoms with Gasteiger partial charge in [0.15, 0.2) is 0 Å². The SMILES string of the molecule is CCN1CCN(c2ccc(C(F)(F)F)cc2NC(=O)CSc2nnnn2-c2ccc(C)cc2)CC1. The molecule has 0 atom stereocenters. The minimum atomic E-state index is -4.51. The molecule has 1 aromatic heterocycles. The molecule has 4 rings (SSSR count). The predicted molar refractivity (Wildman–Crippen MR) is 129 cm³/mol. The number of nitrogens with one attached hydrogen (secondary N) is 1. The van der Waals surface area contributed by atoms with Crippen LogP contribution in [-0.2, 0) is 11.0 Å². The van der Waals surface area contributed by atoms with Gasteiger partial charge in [-0.2, -0.15) is 17.9 Å². The summed E-state index contributed by atoms with van der Waals surface area (Å²) in [4.78, 5) is 17.1. The lowest BCUT2D eigenvalue weighted by Gasteiger charge is -2.36. The Morgan fingerprint density at radius 1 is 1.09 bits per heavy atom. The molecule has 1 N–H and O–H groups in total. The number of hydrogen-bond donors (Lipinski definition) is 1. The van der Waals surface area contributed by atoms with Crippen LogP contribution < -0.4 is 10.2 Å². The molecule has 1 amide bonds. The van der Waals surface area contributed by atoms with Gasteiger partial charge in [0, 0.05) is 26.2 Å². The molecule has 0 unspecified atom stereocenters. The highest BCUT2D eigenvalue weighted by Gasteiger charge is 2.32. The molecular weight excluding hydrogens is 479 g/mol. The molecule has 0 saturated carbocycles. The number of halogens is 3. The summed E-state index contributed by atoms with van der Waals surface area (Å²) in [6.45, 7) is 7.92. The van der Waals surface area contributed by atoms with Crippen molar-refractivity contribution >= 4 is 29.0 Å². The zero-order valence-corrected chi connectivity index (χ0v) is 20.2. The number of tetrazole rings is 1. The lowest BCUT2D eigenvalue weighted by atomic mass is 10.1. The van der Waals surface area contributed by atoms with Gasteiger partial charge >= 0.3 is 6.18 Å². The number of thioether (sulfide) groups is 1. The second kappa shape index (κ2) is 10.6. The van der Waals surface area contributed by atoms with Crippen LogP contribution in [0.1, 0.15) is 18.1 Å². The van der Waals surface area contributed by atoms with Gasteiger partial charge in [-0.05, 0) is 54.2 Å². The summed E-state index contributed by atoms with van der Waals surface area (Å²) in [5.41, 5.74) is 1.75. The Morgan fingerprint density at radius 2 is 1.80 bits per heavy atom. The number of aromatic nitrogens is 4. The Kier molecular flexibility index (Phi) is 7.60. The van der Waals surface area contributed by atoms with E-state index in [-0.39, 0.29) is 11.4 Å². The maximum atomic E-state index is 13.4. The van der Waals surface area contributed by atoms with Gasteiger partial charge < -0.3 is 15.1 Å². The topological polar surface area (TPSA) is 79.2 Å². The van der Waals surface area contributed by atoms with Crippen LogP contribution in [0.3, 0.4) is 0 Å². The highest BCUT2D eigenvalue weighted by atomic mass is 32.2. The second-order valence-corrected chi connectivity index (χ2v) is 9.14. The number of rotatable bonds is 7. The number of anilines is 2. The molecule has 1 aliphatic heterocycles. The van der Waals surface area contributed by atoms with E-state index in [0.29, 0.717) is 23.9 Å².